The smallest absolute Gasteiger partial charge is 0.261 e. The van der Waals surface area contributed by atoms with Gasteiger partial charge >= 0.3 is 0 Å². The fraction of sp³-hybridized carbons (Fsp3) is 0.250. The van der Waals surface area contributed by atoms with Crippen LogP contribution >= 0.6 is 15.9 Å². The average Bonchev–Trinajstić information content (AvgIpc) is 2.57. The van der Waals surface area contributed by atoms with Gasteiger partial charge < -0.3 is 0 Å². The monoisotopic (exact) mass is 398 g/mol. The molecule has 0 aliphatic rings. The summed E-state index contributed by atoms with van der Waals surface area (Å²) >= 11 is 3.36. The van der Waals surface area contributed by atoms with Gasteiger partial charge in [0.1, 0.15) is 0 Å². The van der Waals surface area contributed by atoms with Crippen LogP contribution in [0.3, 0.4) is 0 Å². The minimum atomic E-state index is -0.217. The maximum Gasteiger partial charge on any atom is 0.261 e. The molecule has 0 radical (unpaired) electrons. The maximum atomic E-state index is 12.6. The normalized spacial score (nSPS) is 11.7. The molecule has 128 valence electrons. The highest BCUT2D eigenvalue weighted by atomic mass is 79.9. The summed E-state index contributed by atoms with van der Waals surface area (Å²) in [6.45, 7) is 6.36. The largest absolute Gasteiger partial charge is 0.292 e. The summed E-state index contributed by atoms with van der Waals surface area (Å²) in [5.74, 6) is -0.112. The first-order valence-corrected chi connectivity index (χ1v) is 8.83. The van der Waals surface area contributed by atoms with Crippen LogP contribution in [0, 0.1) is 0 Å². The number of hydrogen-bond donors (Lipinski definition) is 0. The van der Waals surface area contributed by atoms with E-state index in [1.807, 2.05) is 30.3 Å². The van der Waals surface area contributed by atoms with Gasteiger partial charge in [-0.25, -0.2) is 4.98 Å². The van der Waals surface area contributed by atoms with Gasteiger partial charge in [0, 0.05) is 10.0 Å². The van der Waals surface area contributed by atoms with Crippen LogP contribution < -0.4 is 5.56 Å². The molecule has 3 rings (SSSR count). The first-order valence-electron chi connectivity index (χ1n) is 8.04. The second kappa shape index (κ2) is 6.56. The Balaban J connectivity index is 1.89. The minimum absolute atomic E-state index is 0.0247. The molecule has 0 bridgehead atoms. The third kappa shape index (κ3) is 3.71. The van der Waals surface area contributed by atoms with Gasteiger partial charge in [0.05, 0.1) is 23.8 Å². The molecule has 0 saturated carbocycles. The van der Waals surface area contributed by atoms with Gasteiger partial charge in [0.25, 0.3) is 5.56 Å². The van der Waals surface area contributed by atoms with Crippen molar-refractivity contribution in [3.63, 3.8) is 0 Å². The van der Waals surface area contributed by atoms with E-state index in [-0.39, 0.29) is 23.3 Å². The summed E-state index contributed by atoms with van der Waals surface area (Å²) in [6, 6.07) is 12.9. The molecule has 0 aliphatic carbocycles. The van der Waals surface area contributed by atoms with Gasteiger partial charge in [-0.05, 0) is 29.2 Å². The Kier molecular flexibility index (Phi) is 4.60. The molecular weight excluding hydrogens is 380 g/mol. The third-order valence-electron chi connectivity index (χ3n) is 4.17. The molecular formula is C20H19BrN2O2. The number of halogens is 1. The zero-order valence-corrected chi connectivity index (χ0v) is 16.0. The topological polar surface area (TPSA) is 52.0 Å². The summed E-state index contributed by atoms with van der Waals surface area (Å²) in [5, 5.41) is 0.493. The molecule has 5 heteroatoms. The summed E-state index contributed by atoms with van der Waals surface area (Å²) in [5.41, 5.74) is 2.19. The van der Waals surface area contributed by atoms with Crippen LogP contribution in [0.15, 0.2) is 58.1 Å². The minimum Gasteiger partial charge on any atom is -0.292 e. The highest BCUT2D eigenvalue weighted by Crippen LogP contribution is 2.22. The highest BCUT2D eigenvalue weighted by Gasteiger charge is 2.15. The van der Waals surface area contributed by atoms with Crippen molar-refractivity contribution in [3.8, 4) is 0 Å². The number of aromatic nitrogens is 2. The summed E-state index contributed by atoms with van der Waals surface area (Å²) in [6.07, 6.45) is 1.43. The van der Waals surface area contributed by atoms with Crippen LogP contribution in [0.5, 0.6) is 0 Å². The van der Waals surface area contributed by atoms with Crippen molar-refractivity contribution >= 4 is 32.6 Å². The van der Waals surface area contributed by atoms with Crippen molar-refractivity contribution < 1.29 is 4.79 Å². The Morgan fingerprint density at radius 2 is 1.80 bits per heavy atom. The van der Waals surface area contributed by atoms with Crippen molar-refractivity contribution in [1.29, 1.82) is 0 Å². The first-order chi connectivity index (χ1) is 11.8. The van der Waals surface area contributed by atoms with E-state index in [9.17, 15) is 9.59 Å². The highest BCUT2D eigenvalue weighted by molar-refractivity contribution is 9.10. The number of fused-ring (bicyclic) bond motifs is 1. The molecule has 1 aromatic heterocycles. The molecule has 0 aliphatic heterocycles. The van der Waals surface area contributed by atoms with Crippen molar-refractivity contribution in [3.05, 3.63) is 74.7 Å². The molecule has 4 nitrogen and oxygen atoms in total. The summed E-state index contributed by atoms with van der Waals surface area (Å²) in [4.78, 5) is 29.4. The molecule has 0 amide bonds. The van der Waals surface area contributed by atoms with Crippen LogP contribution in [-0.4, -0.2) is 15.3 Å². The van der Waals surface area contributed by atoms with Gasteiger partial charge in [-0.2, -0.15) is 0 Å². The zero-order valence-electron chi connectivity index (χ0n) is 14.4. The number of rotatable bonds is 3. The fourth-order valence-corrected chi connectivity index (χ4v) is 3.01. The van der Waals surface area contributed by atoms with Gasteiger partial charge in [-0.15, -0.1) is 0 Å². The molecule has 3 aromatic rings. The van der Waals surface area contributed by atoms with E-state index in [4.69, 9.17) is 0 Å². The number of benzene rings is 2. The lowest BCUT2D eigenvalue weighted by Crippen LogP contribution is -2.24. The number of carbonyl (C=O) groups is 1. The maximum absolute atomic E-state index is 12.6. The first kappa shape index (κ1) is 17.5. The Morgan fingerprint density at radius 1 is 1.12 bits per heavy atom. The molecule has 0 N–H and O–H groups in total. The van der Waals surface area contributed by atoms with E-state index >= 15 is 0 Å². The quantitative estimate of drug-likeness (QED) is 0.616. The van der Waals surface area contributed by atoms with Crippen LogP contribution in [0.1, 0.15) is 36.7 Å². The van der Waals surface area contributed by atoms with Crippen LogP contribution in [0.2, 0.25) is 0 Å². The van der Waals surface area contributed by atoms with Crippen LogP contribution in [-0.2, 0) is 12.0 Å². The number of Topliss-reactive ketones (excluding diaryl/α,β-unsaturated/α-hetero) is 1. The van der Waals surface area contributed by atoms with Gasteiger partial charge in [-0.3, -0.25) is 14.2 Å². The van der Waals surface area contributed by atoms with Gasteiger partial charge in [-0.1, -0.05) is 61.0 Å². The molecule has 0 unspecified atom stereocenters. The SMILES string of the molecule is CC(C)(C)c1ccc(C(=O)Cn2cnc3ccc(Br)cc3c2=O)cc1. The number of hydrogen-bond acceptors (Lipinski definition) is 3. The van der Waals surface area contributed by atoms with Crippen molar-refractivity contribution in [2.45, 2.75) is 32.7 Å². The van der Waals surface area contributed by atoms with E-state index in [0.717, 1.165) is 4.47 Å². The molecule has 25 heavy (non-hydrogen) atoms. The van der Waals surface area contributed by atoms with Crippen molar-refractivity contribution in [2.75, 3.05) is 0 Å². The third-order valence-corrected chi connectivity index (χ3v) is 4.67. The summed E-state index contributed by atoms with van der Waals surface area (Å²) < 4.78 is 2.16. The molecule has 2 aromatic carbocycles. The Bertz CT molecular complexity index is 999. The average molecular weight is 399 g/mol. The Labute approximate surface area is 154 Å². The summed E-state index contributed by atoms with van der Waals surface area (Å²) in [7, 11) is 0. The van der Waals surface area contributed by atoms with E-state index < -0.39 is 0 Å². The Hall–Kier alpha value is -2.27. The van der Waals surface area contributed by atoms with Gasteiger partial charge in [0.15, 0.2) is 5.78 Å². The zero-order chi connectivity index (χ0) is 18.2. The van der Waals surface area contributed by atoms with Crippen molar-refractivity contribution in [2.24, 2.45) is 0 Å². The lowest BCUT2D eigenvalue weighted by molar-refractivity contribution is 0.0970. The predicted octanol–water partition coefficient (Wildman–Crippen LogP) is 4.34. The molecule has 0 atom stereocenters. The van der Waals surface area contributed by atoms with Crippen LogP contribution in [0.4, 0.5) is 0 Å². The van der Waals surface area contributed by atoms with Crippen molar-refractivity contribution in [1.82, 2.24) is 9.55 Å². The second-order valence-electron chi connectivity index (χ2n) is 7.09. The molecule has 0 spiro atoms. The van der Waals surface area contributed by atoms with Gasteiger partial charge in [0.2, 0.25) is 0 Å². The number of nitrogens with zero attached hydrogens (tertiary/aromatic N) is 2. The van der Waals surface area contributed by atoms with E-state index in [2.05, 4.69) is 41.7 Å². The molecule has 0 saturated heterocycles. The number of ketones is 1. The van der Waals surface area contributed by atoms with E-state index in [0.29, 0.717) is 16.5 Å². The standard InChI is InChI=1S/C20H19BrN2O2/c1-20(2,3)14-6-4-13(5-7-14)18(24)11-23-12-22-17-9-8-15(21)10-16(17)19(23)25/h4-10,12H,11H2,1-3H3. The Morgan fingerprint density at radius 3 is 2.44 bits per heavy atom. The molecule has 1 heterocycles. The molecule has 0 fully saturated rings. The van der Waals surface area contributed by atoms with E-state index in [1.165, 1.54) is 16.5 Å². The predicted molar refractivity (Wildman–Crippen MR) is 103 cm³/mol. The second-order valence-corrected chi connectivity index (χ2v) is 8.01. The lowest BCUT2D eigenvalue weighted by atomic mass is 9.86. The lowest BCUT2D eigenvalue weighted by Gasteiger charge is -2.19. The van der Waals surface area contributed by atoms with E-state index in [1.54, 1.807) is 12.1 Å². The number of carbonyl (C=O) groups excluding carboxylic acids is 1. The van der Waals surface area contributed by atoms with Crippen LogP contribution in [0.25, 0.3) is 10.9 Å². The fourth-order valence-electron chi connectivity index (χ4n) is 2.65.